The topological polar surface area (TPSA) is 29.5 Å². The standard InChI is InChI=1S/C10H18O2/c1-7(2)10-5-4-9(3,12-10)6-8(10)11/h7-8,11H,4-6H2,1-3H3/t8-,9+,10+/m0/s1. The van der Waals surface area contributed by atoms with Gasteiger partial charge in [-0.2, -0.15) is 0 Å². The van der Waals surface area contributed by atoms with Gasteiger partial charge in [-0.15, -0.1) is 0 Å². The number of hydrogen-bond donors (Lipinski definition) is 1. The first-order valence-electron chi connectivity index (χ1n) is 4.87. The zero-order chi connectivity index (χ0) is 8.98. The van der Waals surface area contributed by atoms with Crippen LogP contribution in [-0.4, -0.2) is 22.4 Å². The van der Waals surface area contributed by atoms with E-state index in [1.54, 1.807) is 0 Å². The van der Waals surface area contributed by atoms with Crippen molar-refractivity contribution in [1.82, 2.24) is 0 Å². The normalized spacial score (nSPS) is 52.2. The molecule has 2 heteroatoms. The van der Waals surface area contributed by atoms with Gasteiger partial charge in [-0.05, 0) is 25.7 Å². The van der Waals surface area contributed by atoms with E-state index in [0.29, 0.717) is 5.92 Å². The lowest BCUT2D eigenvalue weighted by atomic mass is 9.75. The summed E-state index contributed by atoms with van der Waals surface area (Å²) >= 11 is 0. The molecule has 3 atom stereocenters. The summed E-state index contributed by atoms with van der Waals surface area (Å²) in [7, 11) is 0. The Hall–Kier alpha value is -0.0800. The molecule has 0 amide bonds. The lowest BCUT2D eigenvalue weighted by Crippen LogP contribution is -2.43. The summed E-state index contributed by atoms with van der Waals surface area (Å²) in [4.78, 5) is 0. The molecule has 2 saturated heterocycles. The van der Waals surface area contributed by atoms with Gasteiger partial charge in [-0.25, -0.2) is 0 Å². The molecule has 2 aliphatic heterocycles. The van der Waals surface area contributed by atoms with Crippen LogP contribution in [0.4, 0.5) is 0 Å². The molecule has 0 spiro atoms. The molecule has 0 unspecified atom stereocenters. The quantitative estimate of drug-likeness (QED) is 0.649. The average Bonchev–Trinajstić information content (AvgIpc) is 2.39. The minimum Gasteiger partial charge on any atom is -0.390 e. The Bertz CT molecular complexity index is 202. The maximum atomic E-state index is 9.88. The van der Waals surface area contributed by atoms with E-state index < -0.39 is 0 Å². The molecule has 2 fully saturated rings. The number of aliphatic hydroxyl groups excluding tert-OH is 1. The van der Waals surface area contributed by atoms with Gasteiger partial charge in [0.25, 0.3) is 0 Å². The first-order chi connectivity index (χ1) is 5.49. The molecule has 1 N–H and O–H groups in total. The van der Waals surface area contributed by atoms with E-state index in [1.807, 2.05) is 0 Å². The Morgan fingerprint density at radius 2 is 2.08 bits per heavy atom. The largest absolute Gasteiger partial charge is 0.390 e. The molecular formula is C10H18O2. The fourth-order valence-electron chi connectivity index (χ4n) is 2.77. The van der Waals surface area contributed by atoms with Crippen molar-refractivity contribution in [2.75, 3.05) is 0 Å². The fourth-order valence-corrected chi connectivity index (χ4v) is 2.77. The zero-order valence-electron chi connectivity index (χ0n) is 8.13. The summed E-state index contributed by atoms with van der Waals surface area (Å²) in [6.45, 7) is 6.40. The van der Waals surface area contributed by atoms with Crippen LogP contribution in [0.1, 0.15) is 40.0 Å². The predicted molar refractivity (Wildman–Crippen MR) is 46.9 cm³/mol. The summed E-state index contributed by atoms with van der Waals surface area (Å²) < 4.78 is 5.97. The Kier molecular flexibility index (Phi) is 1.59. The van der Waals surface area contributed by atoms with Crippen molar-refractivity contribution in [2.45, 2.75) is 57.3 Å². The molecule has 2 bridgehead atoms. The van der Waals surface area contributed by atoms with E-state index >= 15 is 0 Å². The third-order valence-corrected chi connectivity index (χ3v) is 3.65. The van der Waals surface area contributed by atoms with Gasteiger partial charge in [0.15, 0.2) is 0 Å². The van der Waals surface area contributed by atoms with Crippen LogP contribution in [0.2, 0.25) is 0 Å². The summed E-state index contributed by atoms with van der Waals surface area (Å²) in [5.74, 6) is 0.428. The summed E-state index contributed by atoms with van der Waals surface area (Å²) in [6.07, 6.45) is 2.73. The molecule has 0 saturated carbocycles. The molecular weight excluding hydrogens is 152 g/mol. The summed E-state index contributed by atoms with van der Waals surface area (Å²) in [6, 6.07) is 0. The maximum Gasteiger partial charge on any atom is 0.0972 e. The van der Waals surface area contributed by atoms with Crippen molar-refractivity contribution in [3.05, 3.63) is 0 Å². The van der Waals surface area contributed by atoms with Gasteiger partial charge in [0.05, 0.1) is 17.3 Å². The van der Waals surface area contributed by atoms with E-state index in [0.717, 1.165) is 19.3 Å². The van der Waals surface area contributed by atoms with Crippen molar-refractivity contribution in [2.24, 2.45) is 5.92 Å². The highest BCUT2D eigenvalue weighted by Crippen LogP contribution is 2.53. The predicted octanol–water partition coefficient (Wildman–Crippen LogP) is 1.71. The van der Waals surface area contributed by atoms with Crippen LogP contribution >= 0.6 is 0 Å². The Morgan fingerprint density at radius 1 is 1.42 bits per heavy atom. The highest BCUT2D eigenvalue weighted by molar-refractivity contribution is 5.09. The molecule has 0 aliphatic carbocycles. The molecule has 2 aliphatic rings. The van der Waals surface area contributed by atoms with Crippen LogP contribution in [0.5, 0.6) is 0 Å². The van der Waals surface area contributed by atoms with Crippen LogP contribution < -0.4 is 0 Å². The van der Waals surface area contributed by atoms with Gasteiger partial charge in [0.1, 0.15) is 0 Å². The smallest absolute Gasteiger partial charge is 0.0972 e. The summed E-state index contributed by atoms with van der Waals surface area (Å²) in [5.41, 5.74) is -0.238. The minimum atomic E-state index is -0.240. The first-order valence-corrected chi connectivity index (χ1v) is 4.87. The van der Waals surface area contributed by atoms with Gasteiger partial charge < -0.3 is 9.84 Å². The monoisotopic (exact) mass is 170 g/mol. The van der Waals surface area contributed by atoms with Crippen LogP contribution in [0.3, 0.4) is 0 Å². The second kappa shape index (κ2) is 2.24. The molecule has 0 aromatic carbocycles. The highest BCUT2D eigenvalue weighted by Gasteiger charge is 2.60. The molecule has 0 aromatic rings. The van der Waals surface area contributed by atoms with Crippen molar-refractivity contribution < 1.29 is 9.84 Å². The van der Waals surface area contributed by atoms with Crippen LogP contribution in [0.25, 0.3) is 0 Å². The van der Waals surface area contributed by atoms with E-state index in [-0.39, 0.29) is 17.3 Å². The Balaban J connectivity index is 2.28. The molecule has 2 rings (SSSR count). The van der Waals surface area contributed by atoms with Crippen molar-refractivity contribution in [1.29, 1.82) is 0 Å². The number of hydrogen-bond acceptors (Lipinski definition) is 2. The molecule has 0 aromatic heterocycles. The molecule has 2 nitrogen and oxygen atoms in total. The third-order valence-electron chi connectivity index (χ3n) is 3.65. The van der Waals surface area contributed by atoms with Gasteiger partial charge in [0, 0.05) is 6.42 Å². The van der Waals surface area contributed by atoms with E-state index in [9.17, 15) is 5.11 Å². The highest BCUT2D eigenvalue weighted by atomic mass is 16.6. The summed E-state index contributed by atoms with van der Waals surface area (Å²) in [5, 5.41) is 9.88. The van der Waals surface area contributed by atoms with Gasteiger partial charge in [-0.1, -0.05) is 13.8 Å². The van der Waals surface area contributed by atoms with Gasteiger partial charge in [-0.3, -0.25) is 0 Å². The van der Waals surface area contributed by atoms with Crippen LogP contribution in [0.15, 0.2) is 0 Å². The van der Waals surface area contributed by atoms with Crippen LogP contribution in [0, 0.1) is 5.92 Å². The van der Waals surface area contributed by atoms with Crippen molar-refractivity contribution in [3.8, 4) is 0 Å². The SMILES string of the molecule is CC(C)[C@]12CC[C@](C)(C[C@@H]1O)O2. The second-order valence-electron chi connectivity index (χ2n) is 4.88. The van der Waals surface area contributed by atoms with E-state index in [4.69, 9.17) is 4.74 Å². The number of ether oxygens (including phenoxy) is 1. The second-order valence-corrected chi connectivity index (χ2v) is 4.88. The molecule has 0 radical (unpaired) electrons. The fraction of sp³-hybridized carbons (Fsp3) is 1.00. The minimum absolute atomic E-state index is 0.0241. The Morgan fingerprint density at radius 3 is 2.33 bits per heavy atom. The van der Waals surface area contributed by atoms with Crippen molar-refractivity contribution in [3.63, 3.8) is 0 Å². The number of aliphatic hydroxyl groups is 1. The van der Waals surface area contributed by atoms with E-state index in [2.05, 4.69) is 20.8 Å². The zero-order valence-corrected chi connectivity index (χ0v) is 8.13. The Labute approximate surface area is 73.9 Å². The lowest BCUT2D eigenvalue weighted by Gasteiger charge is -2.33. The maximum absolute atomic E-state index is 9.88. The number of rotatable bonds is 1. The van der Waals surface area contributed by atoms with Gasteiger partial charge >= 0.3 is 0 Å². The van der Waals surface area contributed by atoms with Gasteiger partial charge in [0.2, 0.25) is 0 Å². The third kappa shape index (κ3) is 0.882. The number of fused-ring (bicyclic) bond motifs is 2. The average molecular weight is 170 g/mol. The van der Waals surface area contributed by atoms with Crippen LogP contribution in [-0.2, 0) is 4.74 Å². The molecule has 70 valence electrons. The first kappa shape index (κ1) is 8.52. The lowest BCUT2D eigenvalue weighted by molar-refractivity contribution is -0.0973. The van der Waals surface area contributed by atoms with E-state index in [1.165, 1.54) is 0 Å². The molecule has 12 heavy (non-hydrogen) atoms. The molecule has 2 heterocycles. The van der Waals surface area contributed by atoms with Crippen molar-refractivity contribution >= 4 is 0 Å².